The van der Waals surface area contributed by atoms with Gasteiger partial charge in [-0.25, -0.2) is 12.8 Å². The van der Waals surface area contributed by atoms with E-state index in [1.54, 1.807) is 11.8 Å². The van der Waals surface area contributed by atoms with Crippen LogP contribution in [0.15, 0.2) is 53.4 Å². The summed E-state index contributed by atoms with van der Waals surface area (Å²) in [7, 11) is -3.98. The van der Waals surface area contributed by atoms with Crippen LogP contribution in [0.3, 0.4) is 0 Å². The second-order valence-corrected chi connectivity index (χ2v) is 10.5. The van der Waals surface area contributed by atoms with Crippen LogP contribution in [0, 0.1) is 11.7 Å². The molecule has 0 aliphatic carbocycles. The van der Waals surface area contributed by atoms with Crippen molar-refractivity contribution in [2.45, 2.75) is 50.2 Å². The van der Waals surface area contributed by atoms with Crippen LogP contribution in [0.1, 0.15) is 32.3 Å². The Labute approximate surface area is 193 Å². The fourth-order valence-corrected chi connectivity index (χ4v) is 6.08. The van der Waals surface area contributed by atoms with E-state index in [9.17, 15) is 22.4 Å². The smallest absolute Gasteiger partial charge is 0.309 e. The van der Waals surface area contributed by atoms with Crippen molar-refractivity contribution < 1.29 is 27.1 Å². The third kappa shape index (κ3) is 4.52. The zero-order valence-corrected chi connectivity index (χ0v) is 19.4. The molecule has 33 heavy (non-hydrogen) atoms. The third-order valence-electron chi connectivity index (χ3n) is 6.33. The maximum atomic E-state index is 14.0. The van der Waals surface area contributed by atoms with Crippen molar-refractivity contribution in [2.75, 3.05) is 18.0 Å². The van der Waals surface area contributed by atoms with Gasteiger partial charge in [0, 0.05) is 24.8 Å². The van der Waals surface area contributed by atoms with Crippen molar-refractivity contribution in [3.63, 3.8) is 0 Å². The molecule has 0 spiro atoms. The summed E-state index contributed by atoms with van der Waals surface area (Å²) in [4.78, 5) is 27.1. The first-order valence-electron chi connectivity index (χ1n) is 11.1. The number of carbonyl (C=O) groups excluding carboxylic acids is 2. The van der Waals surface area contributed by atoms with Gasteiger partial charge in [-0.2, -0.15) is 4.31 Å². The first-order valence-corrected chi connectivity index (χ1v) is 12.5. The van der Waals surface area contributed by atoms with Gasteiger partial charge >= 0.3 is 5.97 Å². The number of hydrogen-bond acceptors (Lipinski definition) is 5. The van der Waals surface area contributed by atoms with Crippen LogP contribution >= 0.6 is 0 Å². The Bertz CT molecular complexity index is 1160. The normalized spacial score (nSPS) is 20.3. The number of halogens is 1. The molecule has 0 aromatic heterocycles. The second-order valence-electron chi connectivity index (χ2n) is 8.58. The Morgan fingerprint density at radius 2 is 1.70 bits per heavy atom. The highest BCUT2D eigenvalue weighted by Gasteiger charge is 2.37. The minimum Gasteiger partial charge on any atom is -0.452 e. The fourth-order valence-electron chi connectivity index (χ4n) is 4.54. The van der Waals surface area contributed by atoms with Gasteiger partial charge in [0.25, 0.3) is 5.91 Å². The average Bonchev–Trinajstić information content (AvgIpc) is 3.14. The number of anilines is 1. The summed E-state index contributed by atoms with van der Waals surface area (Å²) >= 11 is 0. The van der Waals surface area contributed by atoms with Crippen molar-refractivity contribution >= 4 is 27.6 Å². The lowest BCUT2D eigenvalue weighted by molar-refractivity contribution is -0.159. The van der Waals surface area contributed by atoms with Crippen LogP contribution in [0.2, 0.25) is 0 Å². The quantitative estimate of drug-likeness (QED) is 0.622. The molecule has 2 atom stereocenters. The molecule has 2 aromatic carbocycles. The molecular formula is C24H27FN2O5S. The van der Waals surface area contributed by atoms with Gasteiger partial charge in [-0.05, 0) is 56.9 Å². The third-order valence-corrected chi connectivity index (χ3v) is 8.26. The number of carbonyl (C=O) groups is 2. The van der Waals surface area contributed by atoms with Gasteiger partial charge in [-0.3, -0.25) is 9.59 Å². The summed E-state index contributed by atoms with van der Waals surface area (Å²) in [6.45, 7) is 3.68. The molecule has 1 saturated heterocycles. The summed E-state index contributed by atoms with van der Waals surface area (Å²) in [6.07, 6.45) is 0.288. The van der Waals surface area contributed by atoms with Crippen LogP contribution in [0.25, 0.3) is 0 Å². The number of fused-ring (bicyclic) bond motifs is 1. The Balaban J connectivity index is 1.36. The van der Waals surface area contributed by atoms with Gasteiger partial charge in [0.2, 0.25) is 10.0 Å². The van der Waals surface area contributed by atoms with Crippen LogP contribution in [0.5, 0.6) is 0 Å². The summed E-state index contributed by atoms with van der Waals surface area (Å²) in [5.41, 5.74) is 1.92. The number of ether oxygens (including phenoxy) is 1. The van der Waals surface area contributed by atoms with Crippen molar-refractivity contribution in [3.8, 4) is 0 Å². The van der Waals surface area contributed by atoms with Gasteiger partial charge < -0.3 is 9.64 Å². The summed E-state index contributed by atoms with van der Waals surface area (Å²) in [5.74, 6) is -2.11. The molecule has 2 heterocycles. The number of benzene rings is 2. The highest BCUT2D eigenvalue weighted by Crippen LogP contribution is 2.33. The number of hydrogen-bond donors (Lipinski definition) is 0. The van der Waals surface area contributed by atoms with Crippen LogP contribution in [-0.2, 0) is 30.8 Å². The predicted molar refractivity (Wildman–Crippen MR) is 121 cm³/mol. The molecule has 4 rings (SSSR count). The molecule has 2 aromatic rings. The highest BCUT2D eigenvalue weighted by molar-refractivity contribution is 7.89. The molecule has 0 N–H and O–H groups in total. The maximum absolute atomic E-state index is 14.0. The Kier molecular flexibility index (Phi) is 6.54. The molecule has 0 bridgehead atoms. The largest absolute Gasteiger partial charge is 0.452 e. The number of para-hydroxylation sites is 1. The monoisotopic (exact) mass is 474 g/mol. The van der Waals surface area contributed by atoms with E-state index in [1.807, 2.05) is 31.2 Å². The predicted octanol–water partition coefficient (Wildman–Crippen LogP) is 3.14. The number of nitrogens with zero attached hydrogens (tertiary/aromatic N) is 2. The van der Waals surface area contributed by atoms with E-state index >= 15 is 0 Å². The summed E-state index contributed by atoms with van der Waals surface area (Å²) < 4.78 is 46.2. The van der Waals surface area contributed by atoms with E-state index in [4.69, 9.17) is 4.74 Å². The lowest BCUT2D eigenvalue weighted by Gasteiger charge is -2.31. The molecule has 0 saturated carbocycles. The van der Waals surface area contributed by atoms with Gasteiger partial charge in [0.15, 0.2) is 6.10 Å². The standard InChI is InChI=1S/C24H27FN2O5S/c1-16-15-19-7-3-5-9-21(19)27(16)23(28)17(2)32-24(29)18-11-13-26(14-12-18)33(30,31)22-10-6-4-8-20(22)25/h3-10,16-18H,11-15H2,1-2H3. The zero-order chi connectivity index (χ0) is 23.8. The van der Waals surface area contributed by atoms with E-state index < -0.39 is 33.8 Å². The summed E-state index contributed by atoms with van der Waals surface area (Å²) in [6, 6.07) is 12.9. The molecule has 2 aliphatic rings. The molecule has 0 radical (unpaired) electrons. The molecule has 7 nitrogen and oxygen atoms in total. The van der Waals surface area contributed by atoms with E-state index in [1.165, 1.54) is 22.5 Å². The van der Waals surface area contributed by atoms with Crippen molar-refractivity contribution in [2.24, 2.45) is 5.92 Å². The number of piperidine rings is 1. The van der Waals surface area contributed by atoms with Crippen molar-refractivity contribution in [1.29, 1.82) is 0 Å². The number of amides is 1. The van der Waals surface area contributed by atoms with E-state index in [-0.39, 0.29) is 42.8 Å². The van der Waals surface area contributed by atoms with E-state index in [0.29, 0.717) is 0 Å². The molecular weight excluding hydrogens is 447 g/mol. The highest BCUT2D eigenvalue weighted by atomic mass is 32.2. The van der Waals surface area contributed by atoms with Gasteiger partial charge in [0.05, 0.1) is 5.92 Å². The Hall–Kier alpha value is -2.78. The van der Waals surface area contributed by atoms with Crippen LogP contribution < -0.4 is 4.90 Å². The Morgan fingerprint density at radius 3 is 2.39 bits per heavy atom. The molecule has 2 aliphatic heterocycles. The van der Waals surface area contributed by atoms with Crippen molar-refractivity contribution in [1.82, 2.24) is 4.31 Å². The van der Waals surface area contributed by atoms with Gasteiger partial charge in [0.1, 0.15) is 10.7 Å². The van der Waals surface area contributed by atoms with Crippen LogP contribution in [0.4, 0.5) is 10.1 Å². The molecule has 1 amide bonds. The molecule has 1 fully saturated rings. The maximum Gasteiger partial charge on any atom is 0.309 e. The number of esters is 1. The minimum absolute atomic E-state index is 0.0251. The van der Waals surface area contributed by atoms with Crippen LogP contribution in [-0.4, -0.2) is 49.8 Å². The topological polar surface area (TPSA) is 84.0 Å². The molecule has 9 heteroatoms. The molecule has 2 unspecified atom stereocenters. The minimum atomic E-state index is -3.98. The summed E-state index contributed by atoms with van der Waals surface area (Å²) in [5, 5.41) is 0. The molecule has 176 valence electrons. The lowest BCUT2D eigenvalue weighted by atomic mass is 9.98. The number of rotatable bonds is 5. The SMILES string of the molecule is CC(OC(=O)C1CCN(S(=O)(=O)c2ccccc2F)CC1)C(=O)N1c2ccccc2CC1C. The lowest BCUT2D eigenvalue weighted by Crippen LogP contribution is -2.45. The average molecular weight is 475 g/mol. The first kappa shape index (κ1) is 23.4. The van der Waals surface area contributed by atoms with Crippen molar-refractivity contribution in [3.05, 3.63) is 59.9 Å². The second kappa shape index (κ2) is 9.23. The first-order chi connectivity index (χ1) is 15.7. The Morgan fingerprint density at radius 1 is 1.06 bits per heavy atom. The fraction of sp³-hybridized carbons (Fsp3) is 0.417. The van der Waals surface area contributed by atoms with E-state index in [0.717, 1.165) is 23.7 Å². The van der Waals surface area contributed by atoms with Gasteiger partial charge in [-0.15, -0.1) is 0 Å². The van der Waals surface area contributed by atoms with E-state index in [2.05, 4.69) is 0 Å². The van der Waals surface area contributed by atoms with Gasteiger partial charge in [-0.1, -0.05) is 30.3 Å². The number of sulfonamides is 1. The zero-order valence-electron chi connectivity index (χ0n) is 18.6.